The first-order valence-corrected chi connectivity index (χ1v) is 3.05. The maximum absolute atomic E-state index is 5.68. The van der Waals surface area contributed by atoms with Crippen molar-refractivity contribution < 1.29 is 0 Å². The summed E-state index contributed by atoms with van der Waals surface area (Å²) in [5.41, 5.74) is 1.28. The average Bonchev–Trinajstić information content (AvgIpc) is 2.36. The maximum Gasteiger partial charge on any atom is 0.182 e. The summed E-state index contributed by atoms with van der Waals surface area (Å²) in [6, 6.07) is 0. The van der Waals surface area contributed by atoms with Gasteiger partial charge in [0.15, 0.2) is 10.8 Å². The van der Waals surface area contributed by atoms with Crippen molar-refractivity contribution in [2.45, 2.75) is 0 Å². The van der Waals surface area contributed by atoms with E-state index in [-0.39, 0.29) is 0 Å². The number of halogens is 1. The molecule has 0 aliphatic carbocycles. The number of fused-ring (bicyclic) bond motifs is 1. The molecule has 0 atom stereocenters. The van der Waals surface area contributed by atoms with E-state index in [9.17, 15) is 0 Å². The summed E-state index contributed by atoms with van der Waals surface area (Å²) in [5.74, 6) is 0. The van der Waals surface area contributed by atoms with Crippen LogP contribution in [0.3, 0.4) is 0 Å². The Bertz CT molecular complexity index is 355. The molecular formula is C5H3ClN4. The highest BCUT2D eigenvalue weighted by molar-refractivity contribution is 6.33. The molecule has 2 heterocycles. The number of aromatic nitrogens is 4. The SMILES string of the molecule is Clc1ncnc2n[14cH][nH]c12. The van der Waals surface area contributed by atoms with Crippen LogP contribution in [0.25, 0.3) is 11.2 Å². The van der Waals surface area contributed by atoms with Gasteiger partial charge in [-0.15, -0.1) is 0 Å². The first kappa shape index (κ1) is 5.61. The number of rotatable bonds is 0. The van der Waals surface area contributed by atoms with E-state index in [0.717, 1.165) is 0 Å². The van der Waals surface area contributed by atoms with Crippen molar-refractivity contribution in [3.8, 4) is 0 Å². The van der Waals surface area contributed by atoms with Gasteiger partial charge in [0.25, 0.3) is 0 Å². The summed E-state index contributed by atoms with van der Waals surface area (Å²) in [6.07, 6.45) is 2.91. The molecule has 0 unspecified atom stereocenters. The van der Waals surface area contributed by atoms with Crippen LogP contribution in [-0.4, -0.2) is 19.9 Å². The van der Waals surface area contributed by atoms with Gasteiger partial charge < -0.3 is 4.98 Å². The highest BCUT2D eigenvalue weighted by atomic mass is 35.5. The van der Waals surface area contributed by atoms with Gasteiger partial charge in [-0.2, -0.15) is 0 Å². The van der Waals surface area contributed by atoms with Gasteiger partial charge in [0.2, 0.25) is 0 Å². The van der Waals surface area contributed by atoms with Gasteiger partial charge in [-0.1, -0.05) is 11.6 Å². The molecule has 0 aliphatic rings. The number of hydrogen-bond donors (Lipinski definition) is 1. The first-order chi connectivity index (χ1) is 4.88. The zero-order valence-corrected chi connectivity index (χ0v) is 5.63. The maximum atomic E-state index is 5.68. The van der Waals surface area contributed by atoms with Crippen molar-refractivity contribution in [2.75, 3.05) is 0 Å². The van der Waals surface area contributed by atoms with E-state index >= 15 is 0 Å². The molecule has 0 fully saturated rings. The molecule has 2 aromatic heterocycles. The lowest BCUT2D eigenvalue weighted by Crippen LogP contribution is -1.80. The van der Waals surface area contributed by atoms with Crippen molar-refractivity contribution >= 4 is 22.8 Å². The Balaban J connectivity index is 2.95. The molecule has 0 radical (unpaired) electrons. The van der Waals surface area contributed by atoms with E-state index in [1.165, 1.54) is 12.7 Å². The number of H-pyrrole nitrogens is 1. The molecule has 0 bridgehead atoms. The summed E-state index contributed by atoms with van der Waals surface area (Å²) in [6.45, 7) is 0. The molecule has 0 saturated carbocycles. The molecule has 0 aromatic carbocycles. The molecule has 10 heavy (non-hydrogen) atoms. The Morgan fingerprint density at radius 1 is 1.50 bits per heavy atom. The van der Waals surface area contributed by atoms with Crippen LogP contribution >= 0.6 is 11.6 Å². The van der Waals surface area contributed by atoms with Crippen LogP contribution in [0, 0.1) is 0 Å². The molecule has 2 aromatic rings. The second kappa shape index (κ2) is 1.91. The fraction of sp³-hybridized carbons (Fsp3) is 0. The summed E-state index contributed by atoms with van der Waals surface area (Å²) in [5, 5.41) is 0.405. The Morgan fingerprint density at radius 3 is 3.20 bits per heavy atom. The minimum atomic E-state index is 0.405. The number of nitrogens with one attached hydrogen (secondary N) is 1. The Kier molecular flexibility index (Phi) is 1.07. The molecular weight excluding hydrogens is 154 g/mol. The number of imidazole rings is 1. The van der Waals surface area contributed by atoms with Crippen molar-refractivity contribution in [2.24, 2.45) is 0 Å². The van der Waals surface area contributed by atoms with Crippen LogP contribution in [0.15, 0.2) is 12.7 Å². The fourth-order valence-electron chi connectivity index (χ4n) is 0.736. The Hall–Kier alpha value is -1.16. The standard InChI is InChI=1S/C5H3ClN4/c6-4-3-5(9-1-7-3)10-2-8-4/h1-2H,(H,7,8,9,10)/i1+2. The summed E-state index contributed by atoms with van der Waals surface area (Å²) in [4.78, 5) is 14.3. The number of hydrogen-bond acceptors (Lipinski definition) is 3. The molecule has 50 valence electrons. The predicted octanol–water partition coefficient (Wildman–Crippen LogP) is 1.01. The second-order valence-electron chi connectivity index (χ2n) is 1.77. The topological polar surface area (TPSA) is 54.5 Å². The van der Waals surface area contributed by atoms with Gasteiger partial charge in [-0.25, -0.2) is 15.0 Å². The quantitative estimate of drug-likeness (QED) is 0.579. The molecule has 0 saturated heterocycles. The van der Waals surface area contributed by atoms with Gasteiger partial charge in [0.05, 0.1) is 6.33 Å². The van der Waals surface area contributed by atoms with Crippen molar-refractivity contribution in [1.82, 2.24) is 19.9 Å². The summed E-state index contributed by atoms with van der Waals surface area (Å²) < 4.78 is 0. The number of nitrogens with zero attached hydrogens (tertiary/aromatic N) is 3. The molecule has 5 heteroatoms. The van der Waals surface area contributed by atoms with E-state index in [0.29, 0.717) is 16.3 Å². The highest BCUT2D eigenvalue weighted by Crippen LogP contribution is 2.13. The summed E-state index contributed by atoms with van der Waals surface area (Å²) in [7, 11) is 0. The zero-order chi connectivity index (χ0) is 6.97. The summed E-state index contributed by atoms with van der Waals surface area (Å²) >= 11 is 5.68. The third-order valence-corrected chi connectivity index (χ3v) is 1.46. The Labute approximate surface area is 61.3 Å². The van der Waals surface area contributed by atoms with Crippen molar-refractivity contribution in [3.63, 3.8) is 0 Å². The lowest BCUT2D eigenvalue weighted by Gasteiger charge is -1.86. The van der Waals surface area contributed by atoms with Gasteiger partial charge in [-0.3, -0.25) is 0 Å². The normalized spacial score (nSPS) is 10.5. The largest absolute Gasteiger partial charge is 0.341 e. The third kappa shape index (κ3) is 0.657. The number of aromatic amines is 1. The van der Waals surface area contributed by atoms with Gasteiger partial charge in [0.1, 0.15) is 11.8 Å². The van der Waals surface area contributed by atoms with Gasteiger partial charge in [0, 0.05) is 0 Å². The average molecular weight is 157 g/mol. The van der Waals surface area contributed by atoms with Crippen LogP contribution in [-0.2, 0) is 0 Å². The van der Waals surface area contributed by atoms with Gasteiger partial charge >= 0.3 is 0 Å². The van der Waals surface area contributed by atoms with Crippen LogP contribution in [0.1, 0.15) is 0 Å². The minimum absolute atomic E-state index is 0.405. The minimum Gasteiger partial charge on any atom is -0.341 e. The predicted molar refractivity (Wildman–Crippen MR) is 36.7 cm³/mol. The van der Waals surface area contributed by atoms with Crippen LogP contribution in [0.5, 0.6) is 0 Å². The lowest BCUT2D eigenvalue weighted by molar-refractivity contribution is 1.20. The molecule has 0 amide bonds. The second-order valence-corrected chi connectivity index (χ2v) is 2.12. The van der Waals surface area contributed by atoms with Crippen LogP contribution in [0.2, 0.25) is 5.15 Å². The Morgan fingerprint density at radius 2 is 2.40 bits per heavy atom. The van der Waals surface area contributed by atoms with E-state index in [4.69, 9.17) is 11.6 Å². The molecule has 0 aliphatic heterocycles. The smallest absolute Gasteiger partial charge is 0.182 e. The monoisotopic (exact) mass is 156 g/mol. The van der Waals surface area contributed by atoms with Crippen molar-refractivity contribution in [1.29, 1.82) is 0 Å². The fourth-order valence-corrected chi connectivity index (χ4v) is 0.918. The van der Waals surface area contributed by atoms with Gasteiger partial charge in [-0.05, 0) is 0 Å². The van der Waals surface area contributed by atoms with E-state index in [1.54, 1.807) is 0 Å². The van der Waals surface area contributed by atoms with Crippen LogP contribution in [0.4, 0.5) is 0 Å². The molecule has 1 N–H and O–H groups in total. The zero-order valence-electron chi connectivity index (χ0n) is 4.87. The first-order valence-electron chi connectivity index (χ1n) is 2.67. The van der Waals surface area contributed by atoms with E-state index in [1.807, 2.05) is 0 Å². The molecule has 0 spiro atoms. The van der Waals surface area contributed by atoms with Crippen molar-refractivity contribution in [3.05, 3.63) is 17.8 Å². The van der Waals surface area contributed by atoms with E-state index < -0.39 is 0 Å². The van der Waals surface area contributed by atoms with E-state index in [2.05, 4.69) is 19.9 Å². The molecule has 2 rings (SSSR count). The third-order valence-electron chi connectivity index (χ3n) is 1.18. The molecule has 4 nitrogen and oxygen atoms in total. The lowest BCUT2D eigenvalue weighted by atomic mass is 10.6. The highest BCUT2D eigenvalue weighted by Gasteiger charge is 2.00. The van der Waals surface area contributed by atoms with Crippen LogP contribution < -0.4 is 0 Å².